The Morgan fingerprint density at radius 1 is 1.35 bits per heavy atom. The summed E-state index contributed by atoms with van der Waals surface area (Å²) < 4.78 is 5.42. The first-order chi connectivity index (χ1) is 10.9. The molecule has 0 spiro atoms. The largest absolute Gasteiger partial charge is 0.484 e. The van der Waals surface area contributed by atoms with Crippen LogP contribution >= 0.6 is 11.3 Å². The van der Waals surface area contributed by atoms with Crippen molar-refractivity contribution >= 4 is 17.2 Å². The fourth-order valence-corrected chi connectivity index (χ4v) is 2.85. The molecule has 2 aromatic rings. The van der Waals surface area contributed by atoms with E-state index in [0.29, 0.717) is 5.75 Å². The van der Waals surface area contributed by atoms with E-state index in [2.05, 4.69) is 42.4 Å². The summed E-state index contributed by atoms with van der Waals surface area (Å²) in [5.74, 6) is 2.74. The number of ether oxygens (including phenoxy) is 1. The molecule has 120 valence electrons. The molecule has 0 bridgehead atoms. The van der Waals surface area contributed by atoms with Gasteiger partial charge in [0.1, 0.15) is 10.8 Å². The average molecular weight is 328 g/mol. The Hall–Kier alpha value is -2.32. The molecule has 0 aliphatic carbocycles. The highest BCUT2D eigenvalue weighted by Gasteiger charge is 2.17. The number of nitrogens with zero attached hydrogens (tertiary/aromatic N) is 1. The summed E-state index contributed by atoms with van der Waals surface area (Å²) in [6, 6.07) is 7.56. The second kappa shape index (κ2) is 7.30. The van der Waals surface area contributed by atoms with Crippen LogP contribution in [0.2, 0.25) is 0 Å². The molecule has 0 saturated carbocycles. The molecule has 1 aromatic carbocycles. The number of carbonyl (C=O) groups excluding carboxylic acids is 1. The Bertz CT molecular complexity index is 706. The van der Waals surface area contributed by atoms with Gasteiger partial charge in [0.15, 0.2) is 6.61 Å². The van der Waals surface area contributed by atoms with Crippen molar-refractivity contribution in [2.45, 2.75) is 26.2 Å². The highest BCUT2D eigenvalue weighted by molar-refractivity contribution is 7.13. The standard InChI is InChI=1S/C18H20N2O2S/c1-5-10-19-16(21)11-22-14-8-6-13(7-9-14)17-20-15(12-23-17)18(2,3)4/h1,6-9,12H,10-11H2,2-4H3,(H,19,21). The van der Waals surface area contributed by atoms with E-state index in [0.717, 1.165) is 16.3 Å². The average Bonchev–Trinajstić information content (AvgIpc) is 3.01. The number of benzene rings is 1. The summed E-state index contributed by atoms with van der Waals surface area (Å²) in [6.07, 6.45) is 5.07. The zero-order valence-corrected chi connectivity index (χ0v) is 14.4. The first-order valence-corrected chi connectivity index (χ1v) is 8.17. The highest BCUT2D eigenvalue weighted by atomic mass is 32.1. The van der Waals surface area contributed by atoms with Crippen LogP contribution in [0.1, 0.15) is 26.5 Å². The Balaban J connectivity index is 1.98. The lowest BCUT2D eigenvalue weighted by molar-refractivity contribution is -0.122. The molecule has 0 atom stereocenters. The highest BCUT2D eigenvalue weighted by Crippen LogP contribution is 2.30. The fourth-order valence-electron chi connectivity index (χ4n) is 1.79. The van der Waals surface area contributed by atoms with Gasteiger partial charge >= 0.3 is 0 Å². The molecule has 5 heteroatoms. The third-order valence-corrected chi connectivity index (χ3v) is 4.02. The predicted molar refractivity (Wildman–Crippen MR) is 93.6 cm³/mol. The van der Waals surface area contributed by atoms with Crippen LogP contribution in [0, 0.1) is 12.3 Å². The van der Waals surface area contributed by atoms with Crippen molar-refractivity contribution in [3.63, 3.8) is 0 Å². The van der Waals surface area contributed by atoms with Crippen molar-refractivity contribution in [3.8, 4) is 28.7 Å². The minimum absolute atomic E-state index is 0.0452. The number of nitrogens with one attached hydrogen (secondary N) is 1. The number of thiazole rings is 1. The lowest BCUT2D eigenvalue weighted by Crippen LogP contribution is -2.28. The van der Waals surface area contributed by atoms with Crippen molar-refractivity contribution < 1.29 is 9.53 Å². The monoisotopic (exact) mass is 328 g/mol. The van der Waals surface area contributed by atoms with Gasteiger partial charge in [0.25, 0.3) is 5.91 Å². The van der Waals surface area contributed by atoms with Gasteiger partial charge < -0.3 is 10.1 Å². The number of terminal acetylenes is 1. The van der Waals surface area contributed by atoms with Gasteiger partial charge in [0.2, 0.25) is 0 Å². The summed E-state index contributed by atoms with van der Waals surface area (Å²) in [7, 11) is 0. The maximum atomic E-state index is 11.4. The molecular formula is C18H20N2O2S. The number of carbonyl (C=O) groups is 1. The Kier molecular flexibility index (Phi) is 5.41. The number of amides is 1. The molecule has 1 amide bonds. The summed E-state index contributed by atoms with van der Waals surface area (Å²) >= 11 is 1.63. The topological polar surface area (TPSA) is 51.2 Å². The lowest BCUT2D eigenvalue weighted by Gasteiger charge is -2.14. The number of hydrogen-bond acceptors (Lipinski definition) is 4. The van der Waals surface area contributed by atoms with E-state index in [9.17, 15) is 4.79 Å². The van der Waals surface area contributed by atoms with E-state index < -0.39 is 0 Å². The number of rotatable bonds is 5. The first kappa shape index (κ1) is 17.0. The summed E-state index contributed by atoms with van der Waals surface area (Å²) in [4.78, 5) is 16.1. The Morgan fingerprint density at radius 2 is 2.04 bits per heavy atom. The van der Waals surface area contributed by atoms with Crippen LogP contribution in [-0.4, -0.2) is 24.0 Å². The maximum Gasteiger partial charge on any atom is 0.258 e. The van der Waals surface area contributed by atoms with Crippen LogP contribution in [0.3, 0.4) is 0 Å². The number of hydrogen-bond donors (Lipinski definition) is 1. The van der Waals surface area contributed by atoms with E-state index in [1.807, 2.05) is 24.3 Å². The summed E-state index contributed by atoms with van der Waals surface area (Å²) in [5.41, 5.74) is 2.17. The summed E-state index contributed by atoms with van der Waals surface area (Å²) in [5, 5.41) is 5.62. The van der Waals surface area contributed by atoms with Gasteiger partial charge in [0, 0.05) is 16.4 Å². The van der Waals surface area contributed by atoms with Gasteiger partial charge in [-0.3, -0.25) is 4.79 Å². The van der Waals surface area contributed by atoms with Crippen LogP contribution in [0.25, 0.3) is 10.6 Å². The zero-order valence-electron chi connectivity index (χ0n) is 13.6. The zero-order chi connectivity index (χ0) is 16.9. The predicted octanol–water partition coefficient (Wildman–Crippen LogP) is 3.24. The summed E-state index contributed by atoms with van der Waals surface area (Å²) in [6.45, 7) is 6.60. The van der Waals surface area contributed by atoms with E-state index in [1.165, 1.54) is 0 Å². The van der Waals surface area contributed by atoms with E-state index in [1.54, 1.807) is 11.3 Å². The molecule has 23 heavy (non-hydrogen) atoms. The van der Waals surface area contributed by atoms with Crippen molar-refractivity contribution in [2.24, 2.45) is 0 Å². The second-order valence-electron chi connectivity index (χ2n) is 6.08. The molecular weight excluding hydrogens is 308 g/mol. The van der Waals surface area contributed by atoms with Gasteiger partial charge in [-0.2, -0.15) is 0 Å². The molecule has 0 aliphatic heterocycles. The second-order valence-corrected chi connectivity index (χ2v) is 6.94. The van der Waals surface area contributed by atoms with E-state index in [4.69, 9.17) is 11.2 Å². The van der Waals surface area contributed by atoms with Gasteiger partial charge in [0.05, 0.1) is 12.2 Å². The van der Waals surface area contributed by atoms with E-state index >= 15 is 0 Å². The van der Waals surface area contributed by atoms with Crippen molar-refractivity contribution in [3.05, 3.63) is 35.3 Å². The van der Waals surface area contributed by atoms with Gasteiger partial charge in [-0.05, 0) is 24.3 Å². The third-order valence-electron chi connectivity index (χ3n) is 3.13. The van der Waals surface area contributed by atoms with Crippen LogP contribution in [-0.2, 0) is 10.2 Å². The van der Waals surface area contributed by atoms with Crippen molar-refractivity contribution in [1.82, 2.24) is 10.3 Å². The quantitative estimate of drug-likeness (QED) is 0.857. The molecule has 1 heterocycles. The number of aromatic nitrogens is 1. The molecule has 0 fully saturated rings. The van der Waals surface area contributed by atoms with Gasteiger partial charge in [-0.1, -0.05) is 26.7 Å². The molecule has 1 N–H and O–H groups in total. The smallest absolute Gasteiger partial charge is 0.258 e. The normalized spacial score (nSPS) is 10.9. The van der Waals surface area contributed by atoms with Crippen LogP contribution in [0.15, 0.2) is 29.6 Å². The molecule has 2 rings (SSSR count). The van der Waals surface area contributed by atoms with Crippen LogP contribution in [0.5, 0.6) is 5.75 Å². The molecule has 1 aromatic heterocycles. The first-order valence-electron chi connectivity index (χ1n) is 7.29. The lowest BCUT2D eigenvalue weighted by atomic mass is 9.93. The van der Waals surface area contributed by atoms with Crippen LogP contribution in [0.4, 0.5) is 0 Å². The minimum atomic E-state index is -0.234. The van der Waals surface area contributed by atoms with Crippen molar-refractivity contribution in [2.75, 3.05) is 13.2 Å². The molecule has 0 radical (unpaired) electrons. The van der Waals surface area contributed by atoms with E-state index in [-0.39, 0.29) is 24.5 Å². The molecule has 0 unspecified atom stereocenters. The Labute approximate surface area is 140 Å². The van der Waals surface area contributed by atoms with Crippen molar-refractivity contribution in [1.29, 1.82) is 0 Å². The van der Waals surface area contributed by atoms with Gasteiger partial charge in [-0.25, -0.2) is 4.98 Å². The van der Waals surface area contributed by atoms with Crippen LogP contribution < -0.4 is 10.1 Å². The molecule has 0 aliphatic rings. The Morgan fingerprint density at radius 3 is 2.61 bits per heavy atom. The maximum absolute atomic E-state index is 11.4. The molecule has 0 saturated heterocycles. The molecule has 4 nitrogen and oxygen atoms in total. The minimum Gasteiger partial charge on any atom is -0.484 e. The third kappa shape index (κ3) is 4.83. The van der Waals surface area contributed by atoms with Gasteiger partial charge in [-0.15, -0.1) is 17.8 Å². The SMILES string of the molecule is C#CCNC(=O)COc1ccc(-c2nc(C(C)(C)C)cs2)cc1. The fraction of sp³-hybridized carbons (Fsp3) is 0.333.